The Balaban J connectivity index is 1.60. The van der Waals surface area contributed by atoms with E-state index in [2.05, 4.69) is 41.3 Å². The van der Waals surface area contributed by atoms with Gasteiger partial charge < -0.3 is 19.7 Å². The summed E-state index contributed by atoms with van der Waals surface area (Å²) in [5.41, 5.74) is 4.46. The monoisotopic (exact) mass is 433 g/mol. The minimum atomic E-state index is -0.108. The molecule has 2 N–H and O–H groups in total. The van der Waals surface area contributed by atoms with E-state index in [0.717, 1.165) is 33.8 Å². The quantitative estimate of drug-likeness (QED) is 0.438. The van der Waals surface area contributed by atoms with Gasteiger partial charge in [0, 0.05) is 46.9 Å². The second kappa shape index (κ2) is 8.84. The molecular weight excluding hydrogens is 406 g/mol. The zero-order chi connectivity index (χ0) is 22.7. The summed E-state index contributed by atoms with van der Waals surface area (Å²) in [4.78, 5) is 4.20. The van der Waals surface area contributed by atoms with Crippen molar-refractivity contribution >= 4 is 11.5 Å². The average Bonchev–Trinajstić information content (AvgIpc) is 3.44. The number of aryl methyl sites for hydroxylation is 1. The van der Waals surface area contributed by atoms with E-state index in [0.29, 0.717) is 11.6 Å². The van der Waals surface area contributed by atoms with Gasteiger partial charge in [0.05, 0.1) is 18.5 Å². The van der Waals surface area contributed by atoms with Gasteiger partial charge in [-0.25, -0.2) is 4.68 Å². The molecule has 0 amide bonds. The maximum atomic E-state index is 9.07. The van der Waals surface area contributed by atoms with Crippen LogP contribution in [-0.4, -0.2) is 38.2 Å². The Morgan fingerprint density at radius 2 is 2.00 bits per heavy atom. The van der Waals surface area contributed by atoms with Crippen molar-refractivity contribution < 1.29 is 14.4 Å². The Hall–Kier alpha value is -3.65. The summed E-state index contributed by atoms with van der Waals surface area (Å²) >= 11 is 0. The molecule has 3 heterocycles. The van der Waals surface area contributed by atoms with Gasteiger partial charge in [-0.05, 0) is 30.7 Å². The molecule has 0 saturated heterocycles. The van der Waals surface area contributed by atoms with Crippen LogP contribution in [0.1, 0.15) is 32.1 Å². The summed E-state index contributed by atoms with van der Waals surface area (Å²) in [6.07, 6.45) is 7.10. The van der Waals surface area contributed by atoms with Crippen molar-refractivity contribution in [3.8, 4) is 22.6 Å². The first-order valence-corrected chi connectivity index (χ1v) is 10.4. The van der Waals surface area contributed by atoms with Crippen molar-refractivity contribution in [2.24, 2.45) is 0 Å². The van der Waals surface area contributed by atoms with E-state index in [4.69, 9.17) is 14.4 Å². The molecule has 0 spiro atoms. The molecule has 0 aliphatic heterocycles. The van der Waals surface area contributed by atoms with Crippen molar-refractivity contribution in [2.75, 3.05) is 18.5 Å². The predicted molar refractivity (Wildman–Crippen MR) is 123 cm³/mol. The second-order valence-electron chi connectivity index (χ2n) is 8.57. The zero-order valence-corrected chi connectivity index (χ0v) is 18.7. The highest BCUT2D eigenvalue weighted by Gasteiger charge is 2.20. The lowest BCUT2D eigenvalue weighted by atomic mass is 9.93. The van der Waals surface area contributed by atoms with E-state index in [-0.39, 0.29) is 18.6 Å². The Bertz CT molecular complexity index is 1210. The molecule has 0 bridgehead atoms. The number of aliphatic hydroxyl groups excluding tert-OH is 1. The molecule has 0 radical (unpaired) electrons. The van der Waals surface area contributed by atoms with Crippen molar-refractivity contribution in [1.29, 1.82) is 0 Å². The third kappa shape index (κ3) is 4.65. The van der Waals surface area contributed by atoms with Crippen LogP contribution >= 0.6 is 0 Å². The molecule has 0 saturated carbocycles. The van der Waals surface area contributed by atoms with Crippen molar-refractivity contribution in [3.05, 3.63) is 66.4 Å². The van der Waals surface area contributed by atoms with Crippen LogP contribution in [0.2, 0.25) is 0 Å². The van der Waals surface area contributed by atoms with Crippen LogP contribution in [0.15, 0.2) is 59.6 Å². The molecule has 1 aromatic carbocycles. The third-order valence-electron chi connectivity index (χ3n) is 5.00. The Morgan fingerprint density at radius 1 is 1.16 bits per heavy atom. The molecule has 32 heavy (non-hydrogen) atoms. The Morgan fingerprint density at radius 3 is 2.75 bits per heavy atom. The number of nitrogens with zero attached hydrogens (tertiary/aromatic N) is 4. The number of hydrogen-bond donors (Lipinski definition) is 2. The number of aromatic nitrogens is 4. The van der Waals surface area contributed by atoms with E-state index in [1.807, 2.05) is 42.1 Å². The molecule has 4 rings (SSSR count). The van der Waals surface area contributed by atoms with Gasteiger partial charge in [-0.3, -0.25) is 4.98 Å². The molecule has 3 aromatic heterocycles. The van der Waals surface area contributed by atoms with Gasteiger partial charge in [0.2, 0.25) is 0 Å². The number of hydrogen-bond acceptors (Lipinski definition) is 7. The summed E-state index contributed by atoms with van der Waals surface area (Å²) in [5.74, 6) is 2.13. The first kappa shape index (κ1) is 21.6. The molecular formula is C24H27N5O3. The average molecular weight is 434 g/mol. The van der Waals surface area contributed by atoms with Crippen LogP contribution in [0.3, 0.4) is 0 Å². The lowest BCUT2D eigenvalue weighted by molar-refractivity contribution is 0.202. The smallest absolute Gasteiger partial charge is 0.174 e. The second-order valence-corrected chi connectivity index (χ2v) is 8.57. The molecule has 0 fully saturated rings. The molecule has 0 unspecified atom stereocenters. The van der Waals surface area contributed by atoms with Gasteiger partial charge in [0.15, 0.2) is 5.82 Å². The minimum absolute atomic E-state index is 0.0528. The maximum Gasteiger partial charge on any atom is 0.174 e. The summed E-state index contributed by atoms with van der Waals surface area (Å²) in [7, 11) is 0. The van der Waals surface area contributed by atoms with Crippen LogP contribution in [0, 0.1) is 6.92 Å². The normalized spacial score (nSPS) is 11.5. The van der Waals surface area contributed by atoms with Crippen molar-refractivity contribution in [3.63, 3.8) is 0 Å². The fourth-order valence-electron chi connectivity index (χ4n) is 3.24. The van der Waals surface area contributed by atoms with Gasteiger partial charge in [0.25, 0.3) is 0 Å². The maximum absolute atomic E-state index is 9.07. The zero-order valence-electron chi connectivity index (χ0n) is 18.7. The molecule has 166 valence electrons. The number of rotatable bonds is 7. The Kier molecular flexibility index (Phi) is 5.96. The first-order chi connectivity index (χ1) is 15.3. The van der Waals surface area contributed by atoms with Crippen LogP contribution in [0.4, 0.5) is 11.5 Å². The summed E-state index contributed by atoms with van der Waals surface area (Å²) in [6.45, 7) is 8.45. The molecule has 8 heteroatoms. The number of pyridine rings is 1. The van der Waals surface area contributed by atoms with E-state index < -0.39 is 0 Å². The number of anilines is 2. The summed E-state index contributed by atoms with van der Waals surface area (Å²) in [6, 6.07) is 9.74. The van der Waals surface area contributed by atoms with Gasteiger partial charge in [0.1, 0.15) is 18.1 Å². The highest BCUT2D eigenvalue weighted by molar-refractivity contribution is 5.69. The number of ether oxygens (including phenoxy) is 1. The molecule has 8 nitrogen and oxygen atoms in total. The van der Waals surface area contributed by atoms with E-state index in [1.165, 1.54) is 0 Å². The first-order valence-electron chi connectivity index (χ1n) is 10.4. The van der Waals surface area contributed by atoms with Crippen molar-refractivity contribution in [1.82, 2.24) is 19.9 Å². The van der Waals surface area contributed by atoms with Crippen LogP contribution in [0.25, 0.3) is 16.8 Å². The predicted octanol–water partition coefficient (Wildman–Crippen LogP) is 4.64. The van der Waals surface area contributed by atoms with Crippen LogP contribution in [-0.2, 0) is 5.41 Å². The standard InChI is InChI=1S/C24H27N5O3/c1-16-5-6-18(27-23-12-22(32-28-23)24(2,3)4)11-20(16)29-15-17(13-26-29)19-14-25-8-7-21(19)31-10-9-30/h5-8,11-15,30H,9-10H2,1-4H3,(H,27,28). The fourth-order valence-corrected chi connectivity index (χ4v) is 3.24. The lowest BCUT2D eigenvalue weighted by Gasteiger charge is -2.12. The van der Waals surface area contributed by atoms with E-state index in [1.54, 1.807) is 24.7 Å². The van der Waals surface area contributed by atoms with E-state index in [9.17, 15) is 0 Å². The summed E-state index contributed by atoms with van der Waals surface area (Å²) < 4.78 is 12.9. The topological polar surface area (TPSA) is 98.2 Å². The van der Waals surface area contributed by atoms with E-state index >= 15 is 0 Å². The number of nitrogens with one attached hydrogen (secondary N) is 1. The number of benzene rings is 1. The third-order valence-corrected chi connectivity index (χ3v) is 5.00. The SMILES string of the molecule is Cc1ccc(Nc2cc(C(C)(C)C)on2)cc1-n1cc(-c2cnccc2OCCO)cn1. The molecule has 0 aliphatic carbocycles. The van der Waals surface area contributed by atoms with Gasteiger partial charge in [-0.1, -0.05) is 32.0 Å². The molecule has 4 aromatic rings. The minimum Gasteiger partial charge on any atom is -0.490 e. The molecule has 0 atom stereocenters. The Labute approximate surface area is 186 Å². The molecule has 0 aliphatic rings. The van der Waals surface area contributed by atoms with Gasteiger partial charge in [-0.15, -0.1) is 0 Å². The highest BCUT2D eigenvalue weighted by Crippen LogP contribution is 2.31. The largest absolute Gasteiger partial charge is 0.490 e. The van der Waals surface area contributed by atoms with Gasteiger partial charge >= 0.3 is 0 Å². The number of aliphatic hydroxyl groups is 1. The van der Waals surface area contributed by atoms with Crippen LogP contribution in [0.5, 0.6) is 5.75 Å². The summed E-state index contributed by atoms with van der Waals surface area (Å²) in [5, 5.41) is 21.1. The lowest BCUT2D eigenvalue weighted by Crippen LogP contribution is -2.09. The van der Waals surface area contributed by atoms with Crippen LogP contribution < -0.4 is 10.1 Å². The van der Waals surface area contributed by atoms with Gasteiger partial charge in [-0.2, -0.15) is 5.10 Å². The highest BCUT2D eigenvalue weighted by atomic mass is 16.5. The fraction of sp³-hybridized carbons (Fsp3) is 0.292. The van der Waals surface area contributed by atoms with Crippen molar-refractivity contribution in [2.45, 2.75) is 33.1 Å².